The molecule has 0 radical (unpaired) electrons. The minimum Gasteiger partial charge on any atom is -0.455 e. The monoisotopic (exact) mass is 437 g/mol. The van der Waals surface area contributed by atoms with E-state index in [1.807, 2.05) is 18.2 Å². The molecule has 2 aromatic heterocycles. The highest BCUT2D eigenvalue weighted by Crippen LogP contribution is 2.37. The van der Waals surface area contributed by atoms with Crippen LogP contribution in [0.25, 0.3) is 44.3 Å². The maximum absolute atomic E-state index is 9.28. The van der Waals surface area contributed by atoms with E-state index in [0.29, 0.717) is 28.0 Å². The fourth-order valence-electron chi connectivity index (χ4n) is 3.92. The van der Waals surface area contributed by atoms with Gasteiger partial charge in [-0.25, -0.2) is 0 Å². The van der Waals surface area contributed by atoms with Gasteiger partial charge in [0.25, 0.3) is 0 Å². The standard InChI is InChI=1S/C30H26N2O/c1-19-18-32-27(15-26(19)22-11-8-20(9-12-22)16-30(2,3)4)25-7-5-6-24-23-13-10-21(17-31)14-28(23)33-29(24)25/h5-15,18H,16H2,1-4H3/i1D3,11D,12D,16D2. The molecule has 0 atom stereocenters. The number of hydrogen-bond acceptors (Lipinski definition) is 3. The summed E-state index contributed by atoms with van der Waals surface area (Å²) in [6.45, 7) is 2.67. The largest absolute Gasteiger partial charge is 0.455 e. The maximum atomic E-state index is 9.28. The van der Waals surface area contributed by atoms with Crippen LogP contribution < -0.4 is 0 Å². The zero-order valence-corrected chi connectivity index (χ0v) is 18.6. The Morgan fingerprint density at radius 3 is 2.61 bits per heavy atom. The molecule has 0 aliphatic heterocycles. The number of aryl methyl sites for hydroxylation is 1. The van der Waals surface area contributed by atoms with Crippen molar-refractivity contribution in [1.82, 2.24) is 4.98 Å². The number of nitriles is 1. The Labute approximate surface area is 204 Å². The van der Waals surface area contributed by atoms with Gasteiger partial charge in [0.15, 0.2) is 0 Å². The summed E-state index contributed by atoms with van der Waals surface area (Å²) >= 11 is 0. The second kappa shape index (κ2) is 7.90. The van der Waals surface area contributed by atoms with Crippen molar-refractivity contribution in [3.63, 3.8) is 0 Å². The summed E-state index contributed by atoms with van der Waals surface area (Å²) in [4.78, 5) is 4.45. The number of benzene rings is 3. The number of hydrogen-bond donors (Lipinski definition) is 0. The third-order valence-corrected chi connectivity index (χ3v) is 5.34. The smallest absolute Gasteiger partial charge is 0.144 e. The molecule has 0 aliphatic carbocycles. The summed E-state index contributed by atoms with van der Waals surface area (Å²) < 4.78 is 65.2. The average molecular weight is 438 g/mol. The van der Waals surface area contributed by atoms with Crippen molar-refractivity contribution in [2.75, 3.05) is 0 Å². The summed E-state index contributed by atoms with van der Waals surface area (Å²) in [5.41, 5.74) is 2.01. The molecule has 3 aromatic carbocycles. The van der Waals surface area contributed by atoms with Crippen LogP contribution in [0.4, 0.5) is 0 Å². The quantitative estimate of drug-likeness (QED) is 0.286. The van der Waals surface area contributed by atoms with E-state index in [4.69, 9.17) is 14.0 Å². The van der Waals surface area contributed by atoms with Gasteiger partial charge in [0, 0.05) is 29.4 Å². The molecule has 33 heavy (non-hydrogen) atoms. The van der Waals surface area contributed by atoms with E-state index < -0.39 is 18.6 Å². The number of pyridine rings is 1. The van der Waals surface area contributed by atoms with Crippen LogP contribution in [0.1, 0.15) is 47.1 Å². The van der Waals surface area contributed by atoms with Gasteiger partial charge in [0.1, 0.15) is 11.2 Å². The van der Waals surface area contributed by atoms with Gasteiger partial charge in [-0.05, 0) is 71.2 Å². The first-order valence-electron chi connectivity index (χ1n) is 14.1. The molecule has 0 bridgehead atoms. The van der Waals surface area contributed by atoms with Crippen molar-refractivity contribution in [3.8, 4) is 28.5 Å². The van der Waals surface area contributed by atoms with Crippen LogP contribution in [0.2, 0.25) is 0 Å². The highest BCUT2D eigenvalue weighted by Gasteiger charge is 2.15. The Kier molecular flexibility index (Phi) is 3.42. The number of rotatable bonds is 3. The van der Waals surface area contributed by atoms with E-state index in [1.165, 1.54) is 18.3 Å². The lowest BCUT2D eigenvalue weighted by Gasteiger charge is -2.18. The summed E-state index contributed by atoms with van der Waals surface area (Å²) in [6, 6.07) is 16.8. The molecular formula is C30H26N2O. The maximum Gasteiger partial charge on any atom is 0.144 e. The number of nitrogens with zero attached hydrogens (tertiary/aromatic N) is 2. The highest BCUT2D eigenvalue weighted by molar-refractivity contribution is 6.09. The molecule has 0 aliphatic rings. The molecule has 5 aromatic rings. The molecule has 0 saturated heterocycles. The summed E-state index contributed by atoms with van der Waals surface area (Å²) in [5, 5.41) is 10.9. The Hall–Kier alpha value is -3.90. The van der Waals surface area contributed by atoms with E-state index in [2.05, 4.69) is 11.1 Å². The first kappa shape index (κ1) is 14.3. The van der Waals surface area contributed by atoms with E-state index in [0.717, 1.165) is 10.8 Å². The van der Waals surface area contributed by atoms with Crippen LogP contribution in [0.5, 0.6) is 0 Å². The third-order valence-electron chi connectivity index (χ3n) is 5.34. The van der Waals surface area contributed by atoms with Crippen molar-refractivity contribution < 1.29 is 14.0 Å². The van der Waals surface area contributed by atoms with Crippen LogP contribution in [-0.2, 0) is 6.37 Å². The van der Waals surface area contributed by atoms with Crippen LogP contribution in [0.3, 0.4) is 0 Å². The minimum absolute atomic E-state index is 0.0821. The van der Waals surface area contributed by atoms with Gasteiger partial charge in [-0.1, -0.05) is 57.1 Å². The van der Waals surface area contributed by atoms with Gasteiger partial charge in [-0.2, -0.15) is 5.26 Å². The Morgan fingerprint density at radius 2 is 1.88 bits per heavy atom. The lowest BCUT2D eigenvalue weighted by molar-refractivity contribution is 0.411. The molecule has 3 nitrogen and oxygen atoms in total. The van der Waals surface area contributed by atoms with E-state index in [-0.39, 0.29) is 34.3 Å². The first-order chi connectivity index (χ1) is 18.6. The Morgan fingerprint density at radius 1 is 1.06 bits per heavy atom. The Balaban J connectivity index is 1.75. The van der Waals surface area contributed by atoms with Gasteiger partial charge in [-0.3, -0.25) is 4.98 Å². The van der Waals surface area contributed by atoms with Crippen molar-refractivity contribution in [1.29, 1.82) is 5.26 Å². The van der Waals surface area contributed by atoms with Crippen molar-refractivity contribution in [2.24, 2.45) is 5.41 Å². The molecule has 0 saturated carbocycles. The fourth-order valence-corrected chi connectivity index (χ4v) is 3.92. The van der Waals surface area contributed by atoms with E-state index >= 15 is 0 Å². The molecule has 0 fully saturated rings. The molecule has 0 amide bonds. The van der Waals surface area contributed by atoms with Crippen molar-refractivity contribution in [3.05, 3.63) is 89.6 Å². The zero-order chi connectivity index (χ0) is 29.2. The second-order valence-corrected chi connectivity index (χ2v) is 9.00. The summed E-state index contributed by atoms with van der Waals surface area (Å²) in [5.74, 6) is 0. The van der Waals surface area contributed by atoms with E-state index in [9.17, 15) is 5.26 Å². The van der Waals surface area contributed by atoms with Crippen LogP contribution in [0, 0.1) is 23.6 Å². The molecule has 162 valence electrons. The molecule has 3 heteroatoms. The lowest BCUT2D eigenvalue weighted by atomic mass is 9.87. The van der Waals surface area contributed by atoms with E-state index in [1.54, 1.807) is 45.0 Å². The van der Waals surface area contributed by atoms with Crippen molar-refractivity contribution >= 4 is 21.9 Å². The first-order valence-corrected chi connectivity index (χ1v) is 10.6. The van der Waals surface area contributed by atoms with Crippen molar-refractivity contribution in [2.45, 2.75) is 34.0 Å². The van der Waals surface area contributed by atoms with Crippen LogP contribution in [0.15, 0.2) is 77.3 Å². The third kappa shape index (κ3) is 4.01. The van der Waals surface area contributed by atoms with Gasteiger partial charge in [0.2, 0.25) is 0 Å². The lowest BCUT2D eigenvalue weighted by Crippen LogP contribution is -2.08. The summed E-state index contributed by atoms with van der Waals surface area (Å²) in [6.07, 6.45) is -0.579. The van der Waals surface area contributed by atoms with Crippen LogP contribution in [-0.4, -0.2) is 4.98 Å². The van der Waals surface area contributed by atoms with Gasteiger partial charge in [0.05, 0.1) is 20.1 Å². The van der Waals surface area contributed by atoms with Gasteiger partial charge < -0.3 is 4.42 Å². The molecule has 2 heterocycles. The number of furan rings is 1. The number of para-hydroxylation sites is 1. The number of aromatic nitrogens is 1. The molecule has 5 rings (SSSR count). The fraction of sp³-hybridized carbons (Fsp3) is 0.200. The molecule has 0 unspecified atom stereocenters. The second-order valence-electron chi connectivity index (χ2n) is 9.00. The van der Waals surface area contributed by atoms with Gasteiger partial charge >= 0.3 is 0 Å². The Bertz CT molecular complexity index is 1820. The predicted molar refractivity (Wildman–Crippen MR) is 135 cm³/mol. The van der Waals surface area contributed by atoms with Gasteiger partial charge in [-0.15, -0.1) is 0 Å². The average Bonchev–Trinajstić information content (AvgIpc) is 3.24. The zero-order valence-electron chi connectivity index (χ0n) is 25.6. The molecule has 0 spiro atoms. The normalized spacial score (nSPS) is 15.6. The van der Waals surface area contributed by atoms with Crippen LogP contribution >= 0.6 is 0 Å². The SMILES string of the molecule is [2H]c1cc(C([2H])([2H])C(C)(C)C)cc([2H])c1-c1cc(-c2cccc3c2oc2cc(C#N)ccc23)ncc1C([2H])([2H])[2H]. The summed E-state index contributed by atoms with van der Waals surface area (Å²) in [7, 11) is 0. The minimum atomic E-state index is -2.57. The number of fused-ring (bicyclic) bond motifs is 3. The molecular weight excluding hydrogens is 404 g/mol. The highest BCUT2D eigenvalue weighted by atomic mass is 16.3. The topological polar surface area (TPSA) is 49.8 Å². The molecule has 0 N–H and O–H groups in total. The predicted octanol–water partition coefficient (Wildman–Crippen LogP) is 8.08.